The fourth-order valence-electron chi connectivity index (χ4n) is 2.44. The molecule has 0 radical (unpaired) electrons. The van der Waals surface area contributed by atoms with Gasteiger partial charge in [-0.05, 0) is 43.0 Å². The number of benzene rings is 1. The highest BCUT2D eigenvalue weighted by Crippen LogP contribution is 2.19. The van der Waals surface area contributed by atoms with Crippen LogP contribution in [0.4, 0.5) is 0 Å². The molecule has 4 heteroatoms. The third-order valence-corrected chi connectivity index (χ3v) is 3.70. The van der Waals surface area contributed by atoms with Gasteiger partial charge in [0.15, 0.2) is 5.78 Å². The number of allylic oxidation sites excluding steroid dienone is 1. The molecule has 114 valence electrons. The van der Waals surface area contributed by atoms with Gasteiger partial charge in [0, 0.05) is 11.3 Å². The van der Waals surface area contributed by atoms with E-state index >= 15 is 0 Å². The van der Waals surface area contributed by atoms with Crippen molar-refractivity contribution in [3.8, 4) is 0 Å². The van der Waals surface area contributed by atoms with Crippen LogP contribution < -0.4 is 5.11 Å². The molecule has 1 aromatic heterocycles. The van der Waals surface area contributed by atoms with E-state index in [9.17, 15) is 14.7 Å². The second-order valence-electron chi connectivity index (χ2n) is 5.21. The van der Waals surface area contributed by atoms with E-state index in [2.05, 4.69) is 11.9 Å². The maximum atomic E-state index is 12.3. The number of H-pyrrole nitrogens is 1. The number of rotatable bonds is 5. The van der Waals surface area contributed by atoms with E-state index in [-0.39, 0.29) is 11.5 Å². The van der Waals surface area contributed by atoms with Crippen molar-refractivity contribution in [1.82, 2.24) is 4.98 Å². The lowest BCUT2D eigenvalue weighted by Crippen LogP contribution is -2.23. The summed E-state index contributed by atoms with van der Waals surface area (Å²) in [6.07, 6.45) is 4.16. The first kappa shape index (κ1) is 15.8. The molecule has 0 bridgehead atoms. The van der Waals surface area contributed by atoms with Crippen LogP contribution >= 0.6 is 0 Å². The molecule has 0 atom stereocenters. The minimum atomic E-state index is -1.31. The number of ketones is 1. The Labute approximate surface area is 129 Å². The van der Waals surface area contributed by atoms with Crippen LogP contribution in [-0.4, -0.2) is 16.7 Å². The third kappa shape index (κ3) is 3.17. The van der Waals surface area contributed by atoms with Crippen LogP contribution in [0.1, 0.15) is 50.2 Å². The Morgan fingerprint density at radius 3 is 2.32 bits per heavy atom. The van der Waals surface area contributed by atoms with Crippen molar-refractivity contribution in [3.63, 3.8) is 0 Å². The van der Waals surface area contributed by atoms with E-state index in [0.29, 0.717) is 16.8 Å². The molecule has 0 saturated heterocycles. The predicted octanol–water partition coefficient (Wildman–Crippen LogP) is 2.45. The fraction of sp³-hybridized carbons (Fsp3) is 0.222. The molecule has 0 amide bonds. The molecule has 22 heavy (non-hydrogen) atoms. The first-order valence-corrected chi connectivity index (χ1v) is 7.16. The average molecular weight is 296 g/mol. The molecule has 0 aliphatic carbocycles. The number of hydrogen-bond acceptors (Lipinski definition) is 3. The molecule has 2 aromatic rings. The van der Waals surface area contributed by atoms with Gasteiger partial charge in [-0.1, -0.05) is 37.3 Å². The van der Waals surface area contributed by atoms with Gasteiger partial charge < -0.3 is 14.9 Å². The molecule has 0 aliphatic heterocycles. The lowest BCUT2D eigenvalue weighted by molar-refractivity contribution is -0.255. The summed E-state index contributed by atoms with van der Waals surface area (Å²) in [5.41, 5.74) is 3.46. The summed E-state index contributed by atoms with van der Waals surface area (Å²) in [5.74, 6) is -1.53. The second-order valence-corrected chi connectivity index (χ2v) is 5.21. The molecule has 2 rings (SSSR count). The molecule has 0 fully saturated rings. The zero-order valence-electron chi connectivity index (χ0n) is 12.9. The first-order chi connectivity index (χ1) is 10.4. The van der Waals surface area contributed by atoms with Crippen molar-refractivity contribution in [2.45, 2.75) is 27.2 Å². The number of hydrogen-bond donors (Lipinski definition) is 1. The minimum absolute atomic E-state index is 0.0402. The van der Waals surface area contributed by atoms with Crippen molar-refractivity contribution in [2.24, 2.45) is 0 Å². The molecule has 1 aromatic carbocycles. The van der Waals surface area contributed by atoms with Gasteiger partial charge in [0.1, 0.15) is 0 Å². The first-order valence-electron chi connectivity index (χ1n) is 7.16. The second kappa shape index (κ2) is 6.43. The number of carbonyl (C=O) groups is 2. The van der Waals surface area contributed by atoms with E-state index in [1.54, 1.807) is 19.9 Å². The summed E-state index contributed by atoms with van der Waals surface area (Å²) < 4.78 is 0. The summed E-state index contributed by atoms with van der Waals surface area (Å²) in [6.45, 7) is 5.36. The summed E-state index contributed by atoms with van der Waals surface area (Å²) in [7, 11) is 0. The topological polar surface area (TPSA) is 73.0 Å². The van der Waals surface area contributed by atoms with Gasteiger partial charge >= 0.3 is 0 Å². The molecular formula is C18H18NO3-. The number of carboxylic acid groups (broad SMARTS) is 1. The van der Waals surface area contributed by atoms with E-state index in [4.69, 9.17) is 0 Å². The highest BCUT2D eigenvalue weighted by atomic mass is 16.4. The lowest BCUT2D eigenvalue weighted by atomic mass is 10.0. The smallest absolute Gasteiger partial charge is 0.187 e. The highest BCUT2D eigenvalue weighted by molar-refractivity contribution is 6.10. The van der Waals surface area contributed by atoms with Gasteiger partial charge in [-0.3, -0.25) is 4.79 Å². The Morgan fingerprint density at radius 1 is 1.18 bits per heavy atom. The van der Waals surface area contributed by atoms with E-state index < -0.39 is 5.97 Å². The predicted molar refractivity (Wildman–Crippen MR) is 83.8 cm³/mol. The quantitative estimate of drug-likeness (QED) is 0.680. The monoisotopic (exact) mass is 296 g/mol. The molecule has 0 spiro atoms. The zero-order valence-corrected chi connectivity index (χ0v) is 12.9. The maximum Gasteiger partial charge on any atom is 0.187 e. The van der Waals surface area contributed by atoms with Crippen molar-refractivity contribution in [2.75, 3.05) is 0 Å². The Kier molecular flexibility index (Phi) is 4.61. The number of aromatic carboxylic acids is 1. The van der Waals surface area contributed by atoms with Crippen molar-refractivity contribution in [1.29, 1.82) is 0 Å². The highest BCUT2D eigenvalue weighted by Gasteiger charge is 2.16. The average Bonchev–Trinajstić information content (AvgIpc) is 2.80. The SMILES string of the molecule is CCc1ccc(/C=C/C(=O)c2c(C)[nH]c(C(=O)[O-])c2C)cc1. The molecule has 0 unspecified atom stereocenters. The van der Waals surface area contributed by atoms with Crippen LogP contribution in [-0.2, 0) is 6.42 Å². The van der Waals surface area contributed by atoms with Crippen LogP contribution in [0.5, 0.6) is 0 Å². The van der Waals surface area contributed by atoms with E-state index in [1.807, 2.05) is 24.3 Å². The summed E-state index contributed by atoms with van der Waals surface area (Å²) >= 11 is 0. The Hall–Kier alpha value is -2.62. The molecular weight excluding hydrogens is 278 g/mol. The fourth-order valence-corrected chi connectivity index (χ4v) is 2.44. The van der Waals surface area contributed by atoms with Gasteiger partial charge in [-0.25, -0.2) is 0 Å². The molecule has 0 aliphatic rings. The van der Waals surface area contributed by atoms with Crippen LogP contribution in [0, 0.1) is 13.8 Å². The number of nitrogens with one attached hydrogen (secondary N) is 1. The van der Waals surface area contributed by atoms with Crippen LogP contribution in [0.2, 0.25) is 0 Å². The zero-order chi connectivity index (χ0) is 16.3. The molecule has 4 nitrogen and oxygen atoms in total. The lowest BCUT2D eigenvalue weighted by Gasteiger charge is -2.01. The Morgan fingerprint density at radius 2 is 1.82 bits per heavy atom. The van der Waals surface area contributed by atoms with Crippen molar-refractivity contribution < 1.29 is 14.7 Å². The van der Waals surface area contributed by atoms with Crippen molar-refractivity contribution >= 4 is 17.8 Å². The molecule has 0 saturated carbocycles. The van der Waals surface area contributed by atoms with Crippen LogP contribution in [0.15, 0.2) is 30.3 Å². The Balaban J connectivity index is 2.25. The standard InChI is InChI=1S/C18H19NO3/c1-4-13-5-7-14(8-6-13)9-10-15(20)16-11(2)17(18(21)22)19-12(16)3/h5-10,19H,4H2,1-3H3,(H,21,22)/p-1/b10-9+. The summed E-state index contributed by atoms with van der Waals surface area (Å²) in [4.78, 5) is 26.0. The van der Waals surface area contributed by atoms with Crippen LogP contribution in [0.25, 0.3) is 6.08 Å². The van der Waals surface area contributed by atoms with Gasteiger partial charge in [-0.15, -0.1) is 0 Å². The third-order valence-electron chi connectivity index (χ3n) is 3.70. The van der Waals surface area contributed by atoms with Crippen LogP contribution in [0.3, 0.4) is 0 Å². The number of aromatic nitrogens is 1. The van der Waals surface area contributed by atoms with Gasteiger partial charge in [0.25, 0.3) is 0 Å². The number of aryl methyl sites for hydroxylation is 2. The van der Waals surface area contributed by atoms with Crippen molar-refractivity contribution in [3.05, 3.63) is 64.0 Å². The van der Waals surface area contributed by atoms with E-state index in [1.165, 1.54) is 11.6 Å². The number of carboxylic acids is 1. The normalized spacial score (nSPS) is 11.0. The summed E-state index contributed by atoms with van der Waals surface area (Å²) in [6, 6.07) is 7.94. The minimum Gasteiger partial charge on any atom is -0.543 e. The molecule has 1 heterocycles. The maximum absolute atomic E-state index is 12.3. The largest absolute Gasteiger partial charge is 0.543 e. The molecule has 1 N–H and O–H groups in total. The van der Waals surface area contributed by atoms with E-state index in [0.717, 1.165) is 12.0 Å². The number of aromatic amines is 1. The number of carbonyl (C=O) groups excluding carboxylic acids is 2. The van der Waals surface area contributed by atoms with Gasteiger partial charge in [-0.2, -0.15) is 0 Å². The van der Waals surface area contributed by atoms with Gasteiger partial charge in [0.05, 0.1) is 11.7 Å². The van der Waals surface area contributed by atoms with Gasteiger partial charge in [0.2, 0.25) is 0 Å². The summed E-state index contributed by atoms with van der Waals surface area (Å²) in [5, 5.41) is 11.0. The Bertz CT molecular complexity index is 736.